The summed E-state index contributed by atoms with van der Waals surface area (Å²) >= 11 is 0. The molecule has 0 rings (SSSR count). The van der Waals surface area contributed by atoms with Gasteiger partial charge in [-0.3, -0.25) is 4.79 Å². The average molecular weight is 589 g/mol. The zero-order chi connectivity index (χ0) is 30.4. The highest BCUT2D eigenvalue weighted by Crippen LogP contribution is 2.13. The van der Waals surface area contributed by atoms with Gasteiger partial charge in [0, 0.05) is 6.42 Å². The van der Waals surface area contributed by atoms with Crippen LogP contribution in [-0.4, -0.2) is 12.6 Å². The van der Waals surface area contributed by atoms with Gasteiger partial charge in [0.15, 0.2) is 0 Å². The van der Waals surface area contributed by atoms with E-state index in [1.54, 1.807) is 0 Å². The van der Waals surface area contributed by atoms with Crippen molar-refractivity contribution < 1.29 is 9.53 Å². The Labute approximate surface area is 265 Å². The van der Waals surface area contributed by atoms with Crippen molar-refractivity contribution in [2.45, 2.75) is 219 Å². The number of carbonyl (C=O) groups excluding carboxylic acids is 1. The Morgan fingerprint density at radius 1 is 0.381 bits per heavy atom. The number of hydrogen-bond acceptors (Lipinski definition) is 2. The van der Waals surface area contributed by atoms with Gasteiger partial charge in [-0.05, 0) is 64.2 Å². The molecule has 0 aliphatic heterocycles. The van der Waals surface area contributed by atoms with E-state index in [9.17, 15) is 4.79 Å². The lowest BCUT2D eigenvalue weighted by Gasteiger charge is -2.05. The molecule has 0 aromatic rings. The first-order valence-electron chi connectivity index (χ1n) is 19.3. The molecule has 0 fully saturated rings. The van der Waals surface area contributed by atoms with Crippen LogP contribution in [0.25, 0.3) is 0 Å². The summed E-state index contributed by atoms with van der Waals surface area (Å²) in [5.74, 6) is 0.0174. The van der Waals surface area contributed by atoms with Gasteiger partial charge in [0.25, 0.3) is 0 Å². The predicted molar refractivity (Wildman–Crippen MR) is 188 cm³/mol. The predicted octanol–water partition coefficient (Wildman–Crippen LogP) is 14.2. The summed E-state index contributed by atoms with van der Waals surface area (Å²) in [5, 5.41) is 0. The van der Waals surface area contributed by atoms with Gasteiger partial charge in [0.1, 0.15) is 0 Å². The number of rotatable bonds is 35. The molecule has 2 nitrogen and oxygen atoms in total. The molecule has 248 valence electrons. The molecule has 0 saturated heterocycles. The van der Waals surface area contributed by atoms with Crippen molar-refractivity contribution >= 4 is 5.97 Å². The van der Waals surface area contributed by atoms with E-state index in [0.29, 0.717) is 13.0 Å². The standard InChI is InChI=1S/C40H76O2/c1-3-5-7-9-11-13-15-17-19-21-22-23-24-26-28-30-32-34-36-38-40(41)42-39-37-35-33-31-29-27-25-20-18-16-14-12-10-8-6-4-2/h17-20H,3-16,21-39H2,1-2H3/b19-17+,20-18-. The van der Waals surface area contributed by atoms with Crippen LogP contribution in [0.1, 0.15) is 219 Å². The van der Waals surface area contributed by atoms with Crippen molar-refractivity contribution in [2.75, 3.05) is 6.61 Å². The first-order chi connectivity index (χ1) is 20.8. The minimum atomic E-state index is 0.0174. The van der Waals surface area contributed by atoms with Gasteiger partial charge in [0.05, 0.1) is 6.61 Å². The fourth-order valence-electron chi connectivity index (χ4n) is 5.65. The molecule has 0 N–H and O–H groups in total. The second-order valence-electron chi connectivity index (χ2n) is 12.9. The van der Waals surface area contributed by atoms with Crippen molar-refractivity contribution in [3.8, 4) is 0 Å². The molecule has 0 heterocycles. The lowest BCUT2D eigenvalue weighted by Crippen LogP contribution is -2.05. The number of ether oxygens (including phenoxy) is 1. The van der Waals surface area contributed by atoms with Crippen LogP contribution >= 0.6 is 0 Å². The van der Waals surface area contributed by atoms with E-state index in [0.717, 1.165) is 12.8 Å². The Bertz CT molecular complexity index is 564. The van der Waals surface area contributed by atoms with E-state index in [1.165, 1.54) is 186 Å². The lowest BCUT2D eigenvalue weighted by molar-refractivity contribution is -0.143. The highest BCUT2D eigenvalue weighted by atomic mass is 16.5. The number of esters is 1. The summed E-state index contributed by atoms with van der Waals surface area (Å²) in [6.45, 7) is 5.19. The zero-order valence-corrected chi connectivity index (χ0v) is 29.0. The van der Waals surface area contributed by atoms with Gasteiger partial charge in [-0.2, -0.15) is 0 Å². The maximum absolute atomic E-state index is 12.0. The first-order valence-corrected chi connectivity index (χ1v) is 19.3. The van der Waals surface area contributed by atoms with Crippen molar-refractivity contribution in [3.63, 3.8) is 0 Å². The van der Waals surface area contributed by atoms with Crippen LogP contribution in [0, 0.1) is 0 Å². The van der Waals surface area contributed by atoms with Crippen LogP contribution < -0.4 is 0 Å². The Hall–Kier alpha value is -1.05. The molecule has 0 aliphatic carbocycles. The van der Waals surface area contributed by atoms with E-state index < -0.39 is 0 Å². The minimum absolute atomic E-state index is 0.0174. The number of hydrogen-bond donors (Lipinski definition) is 0. The maximum Gasteiger partial charge on any atom is 0.305 e. The minimum Gasteiger partial charge on any atom is -0.466 e. The van der Waals surface area contributed by atoms with E-state index in [2.05, 4.69) is 38.2 Å². The molecule has 0 radical (unpaired) electrons. The third-order valence-electron chi connectivity index (χ3n) is 8.56. The van der Waals surface area contributed by atoms with Crippen LogP contribution in [0.5, 0.6) is 0 Å². The van der Waals surface area contributed by atoms with E-state index in [4.69, 9.17) is 4.74 Å². The van der Waals surface area contributed by atoms with Gasteiger partial charge in [-0.1, -0.05) is 173 Å². The van der Waals surface area contributed by atoms with Crippen molar-refractivity contribution in [3.05, 3.63) is 24.3 Å². The molecule has 0 aromatic heterocycles. The molecule has 0 spiro atoms. The van der Waals surface area contributed by atoms with Crippen molar-refractivity contribution in [1.29, 1.82) is 0 Å². The second kappa shape index (κ2) is 38.0. The fourth-order valence-corrected chi connectivity index (χ4v) is 5.65. The van der Waals surface area contributed by atoms with Gasteiger partial charge in [0.2, 0.25) is 0 Å². The van der Waals surface area contributed by atoms with E-state index in [1.807, 2.05) is 0 Å². The SMILES string of the molecule is CCCCCCCC/C=C\CCCCCCCCOC(=O)CCCCCCCCCCC/C=C/CCCCCCCC. The van der Waals surface area contributed by atoms with E-state index >= 15 is 0 Å². The van der Waals surface area contributed by atoms with Gasteiger partial charge >= 0.3 is 5.97 Å². The molecule has 0 saturated carbocycles. The summed E-state index contributed by atoms with van der Waals surface area (Å²) in [6, 6.07) is 0. The summed E-state index contributed by atoms with van der Waals surface area (Å²) in [6.07, 6.45) is 51.1. The molecule has 42 heavy (non-hydrogen) atoms. The summed E-state index contributed by atoms with van der Waals surface area (Å²) < 4.78 is 5.45. The van der Waals surface area contributed by atoms with Crippen LogP contribution in [0.15, 0.2) is 24.3 Å². The average Bonchev–Trinajstić information content (AvgIpc) is 3.00. The molecule has 0 amide bonds. The highest BCUT2D eigenvalue weighted by Gasteiger charge is 2.02. The molecule has 2 heteroatoms. The van der Waals surface area contributed by atoms with Crippen LogP contribution in [-0.2, 0) is 9.53 Å². The summed E-state index contributed by atoms with van der Waals surface area (Å²) in [7, 11) is 0. The smallest absolute Gasteiger partial charge is 0.305 e. The largest absolute Gasteiger partial charge is 0.466 e. The Kier molecular flexibility index (Phi) is 37.0. The fraction of sp³-hybridized carbons (Fsp3) is 0.875. The number of unbranched alkanes of at least 4 members (excludes halogenated alkanes) is 27. The number of carbonyl (C=O) groups is 1. The van der Waals surface area contributed by atoms with Crippen LogP contribution in [0.4, 0.5) is 0 Å². The monoisotopic (exact) mass is 589 g/mol. The van der Waals surface area contributed by atoms with E-state index in [-0.39, 0.29) is 5.97 Å². The van der Waals surface area contributed by atoms with Gasteiger partial charge in [-0.15, -0.1) is 0 Å². The molecular formula is C40H76O2. The lowest BCUT2D eigenvalue weighted by atomic mass is 10.1. The summed E-state index contributed by atoms with van der Waals surface area (Å²) in [4.78, 5) is 12.0. The van der Waals surface area contributed by atoms with Gasteiger partial charge in [-0.25, -0.2) is 0 Å². The Balaban J connectivity index is 3.21. The Morgan fingerprint density at radius 3 is 1.02 bits per heavy atom. The summed E-state index contributed by atoms with van der Waals surface area (Å²) in [5.41, 5.74) is 0. The zero-order valence-electron chi connectivity index (χ0n) is 29.0. The third kappa shape index (κ3) is 37.0. The molecule has 0 aromatic carbocycles. The Morgan fingerprint density at radius 2 is 0.667 bits per heavy atom. The molecule has 0 aliphatic rings. The highest BCUT2D eigenvalue weighted by molar-refractivity contribution is 5.69. The molecule has 0 atom stereocenters. The normalized spacial score (nSPS) is 11.8. The van der Waals surface area contributed by atoms with Crippen LogP contribution in [0.3, 0.4) is 0 Å². The second-order valence-corrected chi connectivity index (χ2v) is 12.9. The molecule has 0 bridgehead atoms. The quantitative estimate of drug-likeness (QED) is 0.0418. The van der Waals surface area contributed by atoms with Crippen LogP contribution in [0.2, 0.25) is 0 Å². The molecular weight excluding hydrogens is 512 g/mol. The van der Waals surface area contributed by atoms with Gasteiger partial charge < -0.3 is 4.74 Å². The van der Waals surface area contributed by atoms with Crippen molar-refractivity contribution in [1.82, 2.24) is 0 Å². The topological polar surface area (TPSA) is 26.3 Å². The first kappa shape index (κ1) is 41.0. The molecule has 0 unspecified atom stereocenters. The number of allylic oxidation sites excluding steroid dienone is 4. The third-order valence-corrected chi connectivity index (χ3v) is 8.56. The van der Waals surface area contributed by atoms with Crippen molar-refractivity contribution in [2.24, 2.45) is 0 Å². The maximum atomic E-state index is 12.0.